The molecule has 0 radical (unpaired) electrons. The average molecular weight is 287 g/mol. The molecule has 0 aliphatic heterocycles. The van der Waals surface area contributed by atoms with Gasteiger partial charge in [0.1, 0.15) is 0 Å². The van der Waals surface area contributed by atoms with E-state index >= 15 is 0 Å². The highest BCUT2D eigenvalue weighted by atomic mass is 14.9. The van der Waals surface area contributed by atoms with Gasteiger partial charge in [0.15, 0.2) is 0 Å². The van der Waals surface area contributed by atoms with Crippen LogP contribution in [-0.4, -0.2) is 6.54 Å². The van der Waals surface area contributed by atoms with Gasteiger partial charge >= 0.3 is 0 Å². The highest BCUT2D eigenvalue weighted by Gasteiger charge is 2.26. The number of nitrogens with one attached hydrogen (secondary N) is 1. The minimum atomic E-state index is 0.410. The van der Waals surface area contributed by atoms with Gasteiger partial charge in [-0.15, -0.1) is 0 Å². The van der Waals surface area contributed by atoms with Crippen molar-refractivity contribution in [3.05, 3.63) is 35.4 Å². The van der Waals surface area contributed by atoms with Crippen molar-refractivity contribution in [2.75, 3.05) is 6.54 Å². The fraction of sp³-hybridized carbons (Fsp3) is 0.700. The predicted molar refractivity (Wildman–Crippen MR) is 92.8 cm³/mol. The van der Waals surface area contributed by atoms with Gasteiger partial charge in [-0.1, -0.05) is 71.2 Å². The van der Waals surface area contributed by atoms with E-state index in [1.54, 1.807) is 11.1 Å². The molecule has 21 heavy (non-hydrogen) atoms. The van der Waals surface area contributed by atoms with Crippen LogP contribution in [0.25, 0.3) is 0 Å². The number of hydrogen-bond acceptors (Lipinski definition) is 1. The summed E-state index contributed by atoms with van der Waals surface area (Å²) in [7, 11) is 0. The van der Waals surface area contributed by atoms with Crippen LogP contribution in [0.15, 0.2) is 24.3 Å². The summed E-state index contributed by atoms with van der Waals surface area (Å²) in [6.45, 7) is 10.6. The molecule has 0 fully saturated rings. The molecule has 118 valence electrons. The Morgan fingerprint density at radius 2 is 1.81 bits per heavy atom. The zero-order valence-electron chi connectivity index (χ0n) is 14.4. The van der Waals surface area contributed by atoms with Crippen molar-refractivity contribution in [1.29, 1.82) is 0 Å². The number of unbranched alkanes of at least 4 members (excludes halogenated alkanes) is 2. The molecule has 0 amide bonds. The van der Waals surface area contributed by atoms with Crippen LogP contribution >= 0.6 is 0 Å². The van der Waals surface area contributed by atoms with E-state index in [0.29, 0.717) is 11.5 Å². The molecule has 2 rings (SSSR count). The van der Waals surface area contributed by atoms with Crippen molar-refractivity contribution in [3.8, 4) is 0 Å². The summed E-state index contributed by atoms with van der Waals surface area (Å²) in [4.78, 5) is 0. The Labute approximate surface area is 131 Å². The minimum absolute atomic E-state index is 0.410. The largest absolute Gasteiger partial charge is 0.309 e. The van der Waals surface area contributed by atoms with E-state index in [4.69, 9.17) is 0 Å². The molecule has 0 heterocycles. The lowest BCUT2D eigenvalue weighted by Gasteiger charge is -2.34. The van der Waals surface area contributed by atoms with E-state index in [1.807, 2.05) is 0 Å². The van der Waals surface area contributed by atoms with Crippen LogP contribution in [0.2, 0.25) is 0 Å². The topological polar surface area (TPSA) is 12.0 Å². The Morgan fingerprint density at radius 1 is 1.10 bits per heavy atom. The lowest BCUT2D eigenvalue weighted by molar-refractivity contribution is 0.277. The zero-order chi connectivity index (χ0) is 15.3. The smallest absolute Gasteiger partial charge is 0.0323 e. The molecular weight excluding hydrogens is 254 g/mol. The second kappa shape index (κ2) is 7.45. The molecule has 0 saturated carbocycles. The van der Waals surface area contributed by atoms with E-state index < -0.39 is 0 Å². The van der Waals surface area contributed by atoms with Gasteiger partial charge in [-0.2, -0.15) is 0 Å². The van der Waals surface area contributed by atoms with Gasteiger partial charge in [0.2, 0.25) is 0 Å². The first kappa shape index (κ1) is 16.5. The van der Waals surface area contributed by atoms with E-state index in [0.717, 1.165) is 12.5 Å². The fourth-order valence-corrected chi connectivity index (χ4v) is 3.56. The Kier molecular flexibility index (Phi) is 5.87. The lowest BCUT2D eigenvalue weighted by atomic mass is 9.80. The van der Waals surface area contributed by atoms with Gasteiger partial charge in [0.25, 0.3) is 0 Å². The van der Waals surface area contributed by atoms with E-state index in [2.05, 4.69) is 57.3 Å². The summed E-state index contributed by atoms with van der Waals surface area (Å²) in [5.41, 5.74) is 3.51. The van der Waals surface area contributed by atoms with Crippen LogP contribution in [0.1, 0.15) is 89.3 Å². The molecule has 1 aromatic carbocycles. The van der Waals surface area contributed by atoms with Gasteiger partial charge in [-0.05, 0) is 41.7 Å². The number of rotatable bonds is 7. The first-order valence-corrected chi connectivity index (χ1v) is 8.85. The zero-order valence-corrected chi connectivity index (χ0v) is 14.4. The molecule has 2 unspecified atom stereocenters. The van der Waals surface area contributed by atoms with Crippen molar-refractivity contribution in [2.45, 2.75) is 78.2 Å². The molecule has 1 aliphatic rings. The molecule has 1 aromatic rings. The maximum absolute atomic E-state index is 3.87. The Bertz CT molecular complexity index is 435. The van der Waals surface area contributed by atoms with Crippen LogP contribution in [-0.2, 0) is 0 Å². The summed E-state index contributed by atoms with van der Waals surface area (Å²) >= 11 is 0. The molecule has 0 saturated heterocycles. The fourth-order valence-electron chi connectivity index (χ4n) is 3.56. The summed E-state index contributed by atoms with van der Waals surface area (Å²) in [5.74, 6) is 0.719. The van der Waals surface area contributed by atoms with Gasteiger partial charge < -0.3 is 5.32 Å². The average Bonchev–Trinajstić information content (AvgIpc) is 2.47. The number of benzene rings is 1. The van der Waals surface area contributed by atoms with Gasteiger partial charge in [0.05, 0.1) is 0 Å². The van der Waals surface area contributed by atoms with E-state index in [9.17, 15) is 0 Å². The van der Waals surface area contributed by atoms with Gasteiger partial charge in [-0.3, -0.25) is 0 Å². The van der Waals surface area contributed by atoms with E-state index in [-0.39, 0.29) is 0 Å². The molecule has 0 aromatic heterocycles. The highest BCUT2D eigenvalue weighted by molar-refractivity contribution is 5.34. The standard InChI is InChI=1S/C20H33N/c1-5-6-9-14-20(3,4)15-21-19-13-12-16(2)17-10-7-8-11-18(17)19/h7-8,10-11,16,19,21H,5-6,9,12-15H2,1-4H3. The summed E-state index contributed by atoms with van der Waals surface area (Å²) < 4.78 is 0. The molecule has 1 aliphatic carbocycles. The Morgan fingerprint density at radius 3 is 2.52 bits per heavy atom. The monoisotopic (exact) mass is 287 g/mol. The third-order valence-corrected chi connectivity index (χ3v) is 5.07. The molecule has 0 spiro atoms. The third-order valence-electron chi connectivity index (χ3n) is 5.07. The van der Waals surface area contributed by atoms with Gasteiger partial charge in [-0.25, -0.2) is 0 Å². The molecule has 1 nitrogen and oxygen atoms in total. The SMILES string of the molecule is CCCCCC(C)(C)CNC1CCC(C)c2ccccc21. The lowest BCUT2D eigenvalue weighted by Crippen LogP contribution is -2.34. The van der Waals surface area contributed by atoms with Crippen LogP contribution < -0.4 is 5.32 Å². The van der Waals surface area contributed by atoms with Crippen LogP contribution in [0.3, 0.4) is 0 Å². The van der Waals surface area contributed by atoms with Crippen molar-refractivity contribution in [2.24, 2.45) is 5.41 Å². The van der Waals surface area contributed by atoms with Gasteiger partial charge in [0, 0.05) is 12.6 Å². The highest BCUT2D eigenvalue weighted by Crippen LogP contribution is 2.37. The minimum Gasteiger partial charge on any atom is -0.309 e. The second-order valence-corrected chi connectivity index (χ2v) is 7.66. The molecule has 1 heteroatoms. The van der Waals surface area contributed by atoms with Crippen molar-refractivity contribution in [1.82, 2.24) is 5.32 Å². The number of hydrogen-bond donors (Lipinski definition) is 1. The molecule has 1 N–H and O–H groups in total. The van der Waals surface area contributed by atoms with E-state index in [1.165, 1.54) is 38.5 Å². The first-order chi connectivity index (χ1) is 10.0. The predicted octanol–water partition coefficient (Wildman–Crippen LogP) is 5.82. The Hall–Kier alpha value is -0.820. The van der Waals surface area contributed by atoms with Crippen molar-refractivity contribution < 1.29 is 0 Å². The summed E-state index contributed by atoms with van der Waals surface area (Å²) in [6, 6.07) is 9.58. The first-order valence-electron chi connectivity index (χ1n) is 8.85. The Balaban J connectivity index is 1.93. The van der Waals surface area contributed by atoms with Crippen LogP contribution in [0.4, 0.5) is 0 Å². The maximum Gasteiger partial charge on any atom is 0.0323 e. The molecule has 0 bridgehead atoms. The quantitative estimate of drug-likeness (QED) is 0.623. The normalized spacial score (nSPS) is 22.1. The van der Waals surface area contributed by atoms with Crippen molar-refractivity contribution in [3.63, 3.8) is 0 Å². The molecule has 2 atom stereocenters. The summed E-state index contributed by atoms with van der Waals surface area (Å²) in [6.07, 6.45) is 7.97. The third kappa shape index (κ3) is 4.57. The van der Waals surface area contributed by atoms with Crippen LogP contribution in [0.5, 0.6) is 0 Å². The summed E-state index contributed by atoms with van der Waals surface area (Å²) in [5, 5.41) is 3.87. The maximum atomic E-state index is 3.87. The van der Waals surface area contributed by atoms with Crippen LogP contribution in [0, 0.1) is 5.41 Å². The molecular formula is C20H33N. The second-order valence-electron chi connectivity index (χ2n) is 7.66. The van der Waals surface area contributed by atoms with Crippen molar-refractivity contribution >= 4 is 0 Å². The number of fused-ring (bicyclic) bond motifs is 1.